The van der Waals surface area contributed by atoms with Crippen LogP contribution in [0.2, 0.25) is 0 Å². The summed E-state index contributed by atoms with van der Waals surface area (Å²) in [5.41, 5.74) is 0. The summed E-state index contributed by atoms with van der Waals surface area (Å²) in [6.07, 6.45) is -0.491. The Morgan fingerprint density at radius 2 is 1.64 bits per heavy atom. The monoisotopic (exact) mass is 346 g/mol. The van der Waals surface area contributed by atoms with Gasteiger partial charge in [-0.05, 0) is 0 Å². The molecule has 10 nitrogen and oxygen atoms in total. The Bertz CT molecular complexity index is 382. The first-order valence-electron chi connectivity index (χ1n) is 6.48. The minimum Gasteiger partial charge on any atom is -0.463 e. The van der Waals surface area contributed by atoms with Crippen molar-refractivity contribution in [3.8, 4) is 0 Å². The second kappa shape index (κ2) is 12.7. The van der Waals surface area contributed by atoms with E-state index in [4.69, 9.17) is 23.9 Å². The van der Waals surface area contributed by atoms with Crippen molar-refractivity contribution >= 4 is 16.4 Å². The Morgan fingerprint density at radius 1 is 1.05 bits per heavy atom. The van der Waals surface area contributed by atoms with E-state index in [1.807, 2.05) is 0 Å². The zero-order valence-corrected chi connectivity index (χ0v) is 13.1. The molecule has 22 heavy (non-hydrogen) atoms. The summed E-state index contributed by atoms with van der Waals surface area (Å²) in [5, 5.41) is 8.71. The van der Waals surface area contributed by atoms with Crippen molar-refractivity contribution in [2.75, 3.05) is 52.9 Å². The van der Waals surface area contributed by atoms with Crippen molar-refractivity contribution in [2.45, 2.75) is 13.0 Å². The first kappa shape index (κ1) is 21.2. The van der Waals surface area contributed by atoms with Crippen LogP contribution in [0.3, 0.4) is 0 Å². The second-order valence-corrected chi connectivity index (χ2v) is 5.05. The summed E-state index contributed by atoms with van der Waals surface area (Å²) >= 11 is 0. The van der Waals surface area contributed by atoms with Gasteiger partial charge in [0, 0.05) is 6.92 Å². The molecule has 0 bridgehead atoms. The van der Waals surface area contributed by atoms with Gasteiger partial charge in [-0.1, -0.05) is 0 Å². The fourth-order valence-electron chi connectivity index (χ4n) is 1.24. The lowest BCUT2D eigenvalue weighted by atomic mass is 10.4. The van der Waals surface area contributed by atoms with Crippen LogP contribution in [0.4, 0.5) is 0 Å². The van der Waals surface area contributed by atoms with Gasteiger partial charge in [0.05, 0.1) is 46.2 Å². The quantitative estimate of drug-likeness (QED) is 0.223. The molecule has 11 heteroatoms. The molecule has 0 aliphatic heterocycles. The van der Waals surface area contributed by atoms with Gasteiger partial charge in [0.1, 0.15) is 12.7 Å². The topological polar surface area (TPSA) is 138 Å². The molecule has 132 valence electrons. The molecular weight excluding hydrogens is 324 g/mol. The number of hydrogen-bond acceptors (Lipinski definition) is 9. The number of hydrogen-bond donors (Lipinski definition) is 2. The Morgan fingerprint density at radius 3 is 2.14 bits per heavy atom. The van der Waals surface area contributed by atoms with Gasteiger partial charge in [-0.3, -0.25) is 9.35 Å². The van der Waals surface area contributed by atoms with E-state index in [2.05, 4.69) is 8.92 Å². The van der Waals surface area contributed by atoms with Crippen LogP contribution >= 0.6 is 0 Å². The standard InChI is InChI=1S/C11H22O10S/c1-10(13)19-6-4-17-8-11(20-3-2-12)9-18-5-7-21-22(14,15)16/h11-12H,2-9H2,1H3,(H,14,15,16). The number of aliphatic hydroxyl groups is 1. The van der Waals surface area contributed by atoms with E-state index in [0.29, 0.717) is 0 Å². The summed E-state index contributed by atoms with van der Waals surface area (Å²) in [5.74, 6) is -0.404. The van der Waals surface area contributed by atoms with Gasteiger partial charge in [-0.25, -0.2) is 4.18 Å². The van der Waals surface area contributed by atoms with E-state index in [1.165, 1.54) is 6.92 Å². The largest absolute Gasteiger partial charge is 0.463 e. The third-order valence-electron chi connectivity index (χ3n) is 2.05. The number of carbonyl (C=O) groups excluding carboxylic acids is 1. The number of esters is 1. The van der Waals surface area contributed by atoms with E-state index in [1.54, 1.807) is 0 Å². The maximum absolute atomic E-state index is 10.5. The van der Waals surface area contributed by atoms with Crippen molar-refractivity contribution in [1.29, 1.82) is 0 Å². The molecule has 0 saturated carbocycles. The molecule has 0 radical (unpaired) electrons. The number of rotatable bonds is 14. The molecule has 0 spiro atoms. The Kier molecular flexibility index (Phi) is 12.2. The molecular formula is C11H22O10S. The summed E-state index contributed by atoms with van der Waals surface area (Å²) in [4.78, 5) is 10.5. The predicted molar refractivity (Wildman–Crippen MR) is 72.6 cm³/mol. The Balaban J connectivity index is 3.79. The maximum Gasteiger partial charge on any atom is 0.397 e. The SMILES string of the molecule is CC(=O)OCCOCC(COCCOS(=O)(=O)O)OCCO. The lowest BCUT2D eigenvalue weighted by Crippen LogP contribution is -2.28. The van der Waals surface area contributed by atoms with E-state index in [-0.39, 0.29) is 52.9 Å². The number of carbonyl (C=O) groups is 1. The van der Waals surface area contributed by atoms with Crippen LogP contribution in [-0.4, -0.2) is 83.0 Å². The first-order valence-corrected chi connectivity index (χ1v) is 7.85. The minimum atomic E-state index is -4.48. The van der Waals surface area contributed by atoms with Crippen molar-refractivity contribution in [1.82, 2.24) is 0 Å². The zero-order chi connectivity index (χ0) is 16.8. The minimum absolute atomic E-state index is 0.0718. The zero-order valence-electron chi connectivity index (χ0n) is 12.3. The number of aliphatic hydroxyl groups excluding tert-OH is 1. The van der Waals surface area contributed by atoms with Crippen molar-refractivity contribution in [3.63, 3.8) is 0 Å². The van der Waals surface area contributed by atoms with Gasteiger partial charge in [0.25, 0.3) is 0 Å². The maximum atomic E-state index is 10.5. The van der Waals surface area contributed by atoms with Crippen LogP contribution in [0, 0.1) is 0 Å². The summed E-state index contributed by atoms with van der Waals surface area (Å²) in [6, 6.07) is 0. The molecule has 0 aromatic carbocycles. The Hall–Kier alpha value is -0.820. The van der Waals surface area contributed by atoms with Gasteiger partial charge in [-0.2, -0.15) is 8.42 Å². The van der Waals surface area contributed by atoms with Crippen LogP contribution in [0.15, 0.2) is 0 Å². The molecule has 1 unspecified atom stereocenters. The normalized spacial score (nSPS) is 13.0. The lowest BCUT2D eigenvalue weighted by Gasteiger charge is -2.17. The highest BCUT2D eigenvalue weighted by atomic mass is 32.3. The average Bonchev–Trinajstić information content (AvgIpc) is 2.41. The van der Waals surface area contributed by atoms with Crippen LogP contribution < -0.4 is 0 Å². The van der Waals surface area contributed by atoms with E-state index in [9.17, 15) is 13.2 Å². The molecule has 0 heterocycles. The van der Waals surface area contributed by atoms with E-state index in [0.717, 1.165) is 0 Å². The van der Waals surface area contributed by atoms with Crippen LogP contribution in [0.5, 0.6) is 0 Å². The second-order valence-electron chi connectivity index (χ2n) is 3.96. The molecule has 1 atom stereocenters. The smallest absolute Gasteiger partial charge is 0.397 e. The molecule has 0 aromatic rings. The molecule has 0 aromatic heterocycles. The highest BCUT2D eigenvalue weighted by molar-refractivity contribution is 7.80. The molecule has 0 fully saturated rings. The van der Waals surface area contributed by atoms with Crippen molar-refractivity contribution < 1.29 is 46.0 Å². The summed E-state index contributed by atoms with van der Waals surface area (Å²) in [7, 11) is -4.48. The van der Waals surface area contributed by atoms with Gasteiger partial charge in [0.15, 0.2) is 0 Å². The molecule has 0 rings (SSSR count). The molecule has 0 saturated heterocycles. The fraction of sp³-hybridized carbons (Fsp3) is 0.909. The average molecular weight is 346 g/mol. The highest BCUT2D eigenvalue weighted by Gasteiger charge is 2.11. The van der Waals surface area contributed by atoms with Crippen molar-refractivity contribution in [3.05, 3.63) is 0 Å². The third kappa shape index (κ3) is 15.6. The highest BCUT2D eigenvalue weighted by Crippen LogP contribution is 1.97. The Labute approximate surface area is 129 Å². The van der Waals surface area contributed by atoms with E-state index >= 15 is 0 Å². The number of ether oxygens (including phenoxy) is 4. The van der Waals surface area contributed by atoms with Crippen LogP contribution in [0.1, 0.15) is 6.92 Å². The molecule has 2 N–H and O–H groups in total. The first-order chi connectivity index (χ1) is 10.3. The third-order valence-corrected chi connectivity index (χ3v) is 2.51. The van der Waals surface area contributed by atoms with Crippen LogP contribution in [0.25, 0.3) is 0 Å². The van der Waals surface area contributed by atoms with Crippen molar-refractivity contribution in [2.24, 2.45) is 0 Å². The van der Waals surface area contributed by atoms with Gasteiger partial charge in [0.2, 0.25) is 0 Å². The van der Waals surface area contributed by atoms with Gasteiger partial charge >= 0.3 is 16.4 Å². The molecule has 0 amide bonds. The predicted octanol–water partition coefficient (Wildman–Crippen LogP) is -1.22. The van der Waals surface area contributed by atoms with Gasteiger partial charge in [-0.15, -0.1) is 0 Å². The summed E-state index contributed by atoms with van der Waals surface area (Å²) in [6.45, 7) is 1.30. The van der Waals surface area contributed by atoms with Gasteiger partial charge < -0.3 is 24.1 Å². The summed E-state index contributed by atoms with van der Waals surface area (Å²) < 4.78 is 53.2. The fourth-order valence-corrected chi connectivity index (χ4v) is 1.51. The van der Waals surface area contributed by atoms with Crippen LogP contribution in [-0.2, 0) is 38.3 Å². The lowest BCUT2D eigenvalue weighted by molar-refractivity contribution is -0.143. The molecule has 0 aliphatic rings. The van der Waals surface area contributed by atoms with E-state index < -0.39 is 22.5 Å². The molecule has 0 aliphatic carbocycles.